The van der Waals surface area contributed by atoms with Crippen LogP contribution in [0.15, 0.2) is 27.2 Å². The molecule has 0 bridgehead atoms. The second-order valence-corrected chi connectivity index (χ2v) is 6.06. The van der Waals surface area contributed by atoms with Gasteiger partial charge in [0, 0.05) is 22.0 Å². The molecule has 0 unspecified atom stereocenters. The van der Waals surface area contributed by atoms with Gasteiger partial charge < -0.3 is 10.3 Å². The first-order valence-corrected chi connectivity index (χ1v) is 7.28. The van der Waals surface area contributed by atoms with E-state index in [0.717, 1.165) is 35.2 Å². The van der Waals surface area contributed by atoms with E-state index >= 15 is 0 Å². The second-order valence-electron chi connectivity index (χ2n) is 5.21. The second kappa shape index (κ2) is 5.06. The van der Waals surface area contributed by atoms with Crippen molar-refractivity contribution in [1.82, 2.24) is 10.1 Å². The van der Waals surface area contributed by atoms with Crippen molar-refractivity contribution >= 4 is 15.9 Å². The number of nitrogens with two attached hydrogens (primary N) is 1. The molecule has 1 aliphatic rings. The van der Waals surface area contributed by atoms with Crippen LogP contribution in [0, 0.1) is 6.92 Å². The van der Waals surface area contributed by atoms with Crippen LogP contribution in [0.2, 0.25) is 0 Å². The van der Waals surface area contributed by atoms with Crippen LogP contribution in [-0.2, 0) is 0 Å². The van der Waals surface area contributed by atoms with Gasteiger partial charge in [-0.3, -0.25) is 0 Å². The molecule has 0 aliphatic heterocycles. The maximum atomic E-state index is 5.92. The number of rotatable bonds is 2. The van der Waals surface area contributed by atoms with Crippen LogP contribution in [0.25, 0.3) is 11.4 Å². The first-order valence-electron chi connectivity index (χ1n) is 6.49. The van der Waals surface area contributed by atoms with Gasteiger partial charge in [-0.05, 0) is 43.9 Å². The summed E-state index contributed by atoms with van der Waals surface area (Å²) in [6, 6.07) is 6.37. The van der Waals surface area contributed by atoms with Crippen molar-refractivity contribution in [3.63, 3.8) is 0 Å². The van der Waals surface area contributed by atoms with Crippen molar-refractivity contribution in [2.45, 2.75) is 38.1 Å². The Bertz CT molecular complexity index is 596. The summed E-state index contributed by atoms with van der Waals surface area (Å²) < 4.78 is 6.39. The maximum Gasteiger partial charge on any atom is 0.230 e. The molecule has 1 aliphatic carbocycles. The molecule has 0 radical (unpaired) electrons. The van der Waals surface area contributed by atoms with Crippen molar-refractivity contribution in [3.05, 3.63) is 34.1 Å². The molecule has 3 rings (SSSR count). The van der Waals surface area contributed by atoms with Gasteiger partial charge >= 0.3 is 0 Å². The van der Waals surface area contributed by atoms with Crippen LogP contribution in [0.4, 0.5) is 0 Å². The van der Waals surface area contributed by atoms with Crippen LogP contribution in [0.1, 0.15) is 36.6 Å². The van der Waals surface area contributed by atoms with Gasteiger partial charge in [-0.15, -0.1) is 0 Å². The molecule has 1 saturated carbocycles. The minimum atomic E-state index is 0.270. The third kappa shape index (κ3) is 2.58. The summed E-state index contributed by atoms with van der Waals surface area (Å²) in [7, 11) is 0. The van der Waals surface area contributed by atoms with Gasteiger partial charge in [0.05, 0.1) is 0 Å². The Labute approximate surface area is 120 Å². The predicted octanol–water partition coefficient (Wildman–Crippen LogP) is 3.40. The van der Waals surface area contributed by atoms with Crippen molar-refractivity contribution in [3.8, 4) is 11.4 Å². The number of hydrogen-bond acceptors (Lipinski definition) is 4. The Morgan fingerprint density at radius 1 is 1.37 bits per heavy atom. The largest absolute Gasteiger partial charge is 0.339 e. The molecule has 1 fully saturated rings. The van der Waals surface area contributed by atoms with Crippen LogP contribution in [-0.4, -0.2) is 16.2 Å². The first kappa shape index (κ1) is 12.8. The number of aromatic nitrogens is 2. The van der Waals surface area contributed by atoms with Crippen molar-refractivity contribution in [2.24, 2.45) is 5.73 Å². The number of hydrogen-bond donors (Lipinski definition) is 1. The van der Waals surface area contributed by atoms with Gasteiger partial charge in [-0.1, -0.05) is 27.2 Å². The van der Waals surface area contributed by atoms with E-state index in [4.69, 9.17) is 10.3 Å². The molecule has 0 spiro atoms. The molecular formula is C14H16BrN3O. The van der Waals surface area contributed by atoms with E-state index in [9.17, 15) is 0 Å². The summed E-state index contributed by atoms with van der Waals surface area (Å²) >= 11 is 3.54. The van der Waals surface area contributed by atoms with E-state index in [1.54, 1.807) is 0 Å². The lowest BCUT2D eigenvalue weighted by molar-refractivity contribution is 0.353. The molecule has 2 atom stereocenters. The first-order chi connectivity index (χ1) is 9.13. The zero-order chi connectivity index (χ0) is 13.4. The van der Waals surface area contributed by atoms with Crippen LogP contribution < -0.4 is 5.73 Å². The third-order valence-corrected chi connectivity index (χ3v) is 4.29. The average molecular weight is 322 g/mol. The summed E-state index contributed by atoms with van der Waals surface area (Å²) in [6.45, 7) is 2.05. The summed E-state index contributed by atoms with van der Waals surface area (Å²) in [5, 5.41) is 4.09. The maximum absolute atomic E-state index is 5.92. The molecule has 2 N–H and O–H groups in total. The van der Waals surface area contributed by atoms with Gasteiger partial charge in [0.2, 0.25) is 11.7 Å². The summed E-state index contributed by atoms with van der Waals surface area (Å²) in [5.41, 5.74) is 8.08. The van der Waals surface area contributed by atoms with E-state index in [1.165, 1.54) is 5.56 Å². The quantitative estimate of drug-likeness (QED) is 0.920. The summed E-state index contributed by atoms with van der Waals surface area (Å²) in [6.07, 6.45) is 3.02. The fourth-order valence-corrected chi connectivity index (χ4v) is 3.22. The van der Waals surface area contributed by atoms with E-state index < -0.39 is 0 Å². The fraction of sp³-hybridized carbons (Fsp3) is 0.429. The Balaban J connectivity index is 1.88. The highest BCUT2D eigenvalue weighted by molar-refractivity contribution is 9.10. The van der Waals surface area contributed by atoms with Crippen molar-refractivity contribution in [1.29, 1.82) is 0 Å². The SMILES string of the molecule is Cc1ccc(-c2noc([C@@H]3CC[C@H](N)C3)n2)c(Br)c1. The molecule has 100 valence electrons. The number of halogens is 1. The minimum absolute atomic E-state index is 0.270. The molecule has 19 heavy (non-hydrogen) atoms. The standard InChI is InChI=1S/C14H16BrN3O/c1-8-2-5-11(12(15)6-8)13-17-14(19-18-13)9-3-4-10(16)7-9/h2,5-6,9-10H,3-4,7,16H2,1H3/t9-,10+/m1/s1. The molecule has 2 aromatic rings. The smallest absolute Gasteiger partial charge is 0.230 e. The van der Waals surface area contributed by atoms with Crippen molar-refractivity contribution < 1.29 is 4.52 Å². The van der Waals surface area contributed by atoms with Crippen molar-refractivity contribution in [2.75, 3.05) is 0 Å². The van der Waals surface area contributed by atoms with Gasteiger partial charge in [-0.25, -0.2) is 0 Å². The number of benzene rings is 1. The van der Waals surface area contributed by atoms with Gasteiger partial charge in [0.25, 0.3) is 0 Å². The molecule has 4 nitrogen and oxygen atoms in total. The highest BCUT2D eigenvalue weighted by Gasteiger charge is 2.28. The van der Waals surface area contributed by atoms with Crippen LogP contribution in [0.3, 0.4) is 0 Å². The predicted molar refractivity (Wildman–Crippen MR) is 76.7 cm³/mol. The van der Waals surface area contributed by atoms with E-state index in [1.807, 2.05) is 12.1 Å². The Hall–Kier alpha value is -1.20. The molecule has 1 heterocycles. The molecular weight excluding hydrogens is 306 g/mol. The third-order valence-electron chi connectivity index (χ3n) is 3.63. The molecule has 0 saturated heterocycles. The molecule has 5 heteroatoms. The highest BCUT2D eigenvalue weighted by atomic mass is 79.9. The molecule has 0 amide bonds. The lowest BCUT2D eigenvalue weighted by Gasteiger charge is -2.02. The highest BCUT2D eigenvalue weighted by Crippen LogP contribution is 2.34. The summed E-state index contributed by atoms with van der Waals surface area (Å²) in [5.74, 6) is 1.68. The van der Waals surface area contributed by atoms with E-state index in [2.05, 4.69) is 39.1 Å². The normalized spacial score (nSPS) is 22.9. The van der Waals surface area contributed by atoms with Gasteiger partial charge in [0.15, 0.2) is 0 Å². The van der Waals surface area contributed by atoms with Gasteiger partial charge in [-0.2, -0.15) is 4.98 Å². The number of nitrogens with zero attached hydrogens (tertiary/aromatic N) is 2. The van der Waals surface area contributed by atoms with Crippen LogP contribution in [0.5, 0.6) is 0 Å². The summed E-state index contributed by atoms with van der Waals surface area (Å²) in [4.78, 5) is 4.52. The Kier molecular flexibility index (Phi) is 3.41. The van der Waals surface area contributed by atoms with E-state index in [0.29, 0.717) is 11.7 Å². The lowest BCUT2D eigenvalue weighted by Crippen LogP contribution is -2.14. The average Bonchev–Trinajstić information content (AvgIpc) is 2.97. The van der Waals surface area contributed by atoms with E-state index in [-0.39, 0.29) is 6.04 Å². The fourth-order valence-electron chi connectivity index (χ4n) is 2.55. The van der Waals surface area contributed by atoms with Gasteiger partial charge in [0.1, 0.15) is 0 Å². The Morgan fingerprint density at radius 2 is 2.21 bits per heavy atom. The number of aryl methyl sites for hydroxylation is 1. The molecule has 1 aromatic heterocycles. The lowest BCUT2D eigenvalue weighted by atomic mass is 10.1. The zero-order valence-corrected chi connectivity index (χ0v) is 12.4. The van der Waals surface area contributed by atoms with Crippen LogP contribution >= 0.6 is 15.9 Å². The Morgan fingerprint density at radius 3 is 2.89 bits per heavy atom. The topological polar surface area (TPSA) is 64.9 Å². The zero-order valence-electron chi connectivity index (χ0n) is 10.8. The minimum Gasteiger partial charge on any atom is -0.339 e. The monoisotopic (exact) mass is 321 g/mol. The molecule has 1 aromatic carbocycles.